The number of anilines is 1. The van der Waals surface area contributed by atoms with Crippen LogP contribution in [0.4, 0.5) is 11.5 Å². The van der Waals surface area contributed by atoms with Gasteiger partial charge in [-0.25, -0.2) is 4.68 Å². The Morgan fingerprint density at radius 2 is 2.12 bits per heavy atom. The minimum absolute atomic E-state index is 0.0708. The van der Waals surface area contributed by atoms with Crippen LogP contribution in [-0.2, 0) is 17.0 Å². The molecule has 1 amide bonds. The van der Waals surface area contributed by atoms with E-state index in [-0.39, 0.29) is 21.8 Å². The summed E-state index contributed by atoms with van der Waals surface area (Å²) in [6.07, 6.45) is 0. The van der Waals surface area contributed by atoms with Crippen LogP contribution >= 0.6 is 23.4 Å². The van der Waals surface area contributed by atoms with Crippen LogP contribution in [0.2, 0.25) is 5.02 Å². The van der Waals surface area contributed by atoms with E-state index in [4.69, 9.17) is 11.6 Å². The topological polar surface area (TPSA) is 90.1 Å². The highest BCUT2D eigenvalue weighted by Crippen LogP contribution is 2.37. The molecule has 1 aromatic heterocycles. The third-order valence-corrected chi connectivity index (χ3v) is 5.02. The largest absolute Gasteiger partial charge is 0.306 e. The third kappa shape index (κ3) is 3.36. The van der Waals surface area contributed by atoms with Gasteiger partial charge in [-0.1, -0.05) is 11.6 Å². The number of nitrogens with one attached hydrogen (secondary N) is 1. The van der Waals surface area contributed by atoms with Crippen LogP contribution < -0.4 is 5.32 Å². The van der Waals surface area contributed by atoms with E-state index in [1.165, 1.54) is 18.2 Å². The number of nitrogens with zero attached hydrogens (tertiary/aromatic N) is 3. The number of thioether (sulfide) groups is 1. The number of carbonyl (C=O) groups is 1. The van der Waals surface area contributed by atoms with E-state index in [1.54, 1.807) is 16.4 Å². The number of amides is 1. The molecule has 0 radical (unpaired) electrons. The molecule has 25 heavy (non-hydrogen) atoms. The minimum Gasteiger partial charge on any atom is -0.306 e. The van der Waals surface area contributed by atoms with Crippen LogP contribution in [-0.4, -0.2) is 20.6 Å². The van der Waals surface area contributed by atoms with Crippen molar-refractivity contribution in [2.24, 2.45) is 0 Å². The zero-order valence-electron chi connectivity index (χ0n) is 14.0. The summed E-state index contributed by atoms with van der Waals surface area (Å²) in [6, 6.07) is 3.94. The number of carbonyl (C=O) groups excluding carboxylic acids is 1. The first-order valence-corrected chi connectivity index (χ1v) is 9.16. The number of hydrogen-bond donors (Lipinski definition) is 1. The van der Waals surface area contributed by atoms with E-state index in [1.807, 2.05) is 20.8 Å². The standard InChI is InChI=1S/C16H17ClN4O3S/c1-16(2,3)20-14(11-7-25-8-12(11)19-20)18-15(22)10-6-9(17)4-5-13(10)21(23)24/h4-6H,7-8H2,1-3H3,(H,18,22). The first-order valence-electron chi connectivity index (χ1n) is 7.63. The average Bonchev–Trinajstić information content (AvgIpc) is 3.08. The zero-order valence-corrected chi connectivity index (χ0v) is 15.6. The first-order chi connectivity index (χ1) is 11.7. The fourth-order valence-electron chi connectivity index (χ4n) is 2.65. The molecule has 1 aromatic carbocycles. The highest BCUT2D eigenvalue weighted by molar-refractivity contribution is 7.98. The Morgan fingerprint density at radius 3 is 2.76 bits per heavy atom. The molecule has 0 aliphatic carbocycles. The highest BCUT2D eigenvalue weighted by Gasteiger charge is 2.30. The van der Waals surface area contributed by atoms with E-state index in [0.29, 0.717) is 5.82 Å². The smallest absolute Gasteiger partial charge is 0.282 e. The Morgan fingerprint density at radius 1 is 1.40 bits per heavy atom. The van der Waals surface area contributed by atoms with Gasteiger partial charge in [0.25, 0.3) is 11.6 Å². The molecule has 0 unspecified atom stereocenters. The summed E-state index contributed by atoms with van der Waals surface area (Å²) >= 11 is 7.64. The summed E-state index contributed by atoms with van der Waals surface area (Å²) in [7, 11) is 0. The van der Waals surface area contributed by atoms with Crippen molar-refractivity contribution in [1.29, 1.82) is 0 Å². The Balaban J connectivity index is 2.03. The molecule has 132 valence electrons. The molecule has 0 saturated heterocycles. The maximum atomic E-state index is 12.7. The van der Waals surface area contributed by atoms with Crippen molar-refractivity contribution in [3.8, 4) is 0 Å². The van der Waals surface area contributed by atoms with Crippen LogP contribution in [0.1, 0.15) is 42.4 Å². The van der Waals surface area contributed by atoms with Crippen molar-refractivity contribution in [3.05, 3.63) is 50.2 Å². The summed E-state index contributed by atoms with van der Waals surface area (Å²) in [5.74, 6) is 1.56. The lowest BCUT2D eigenvalue weighted by Gasteiger charge is -2.23. The van der Waals surface area contributed by atoms with E-state index in [0.717, 1.165) is 22.8 Å². The van der Waals surface area contributed by atoms with E-state index in [2.05, 4.69) is 10.4 Å². The molecule has 0 bridgehead atoms. The molecular formula is C16H17ClN4O3S. The summed E-state index contributed by atoms with van der Waals surface area (Å²) in [5.41, 5.74) is 1.22. The van der Waals surface area contributed by atoms with Gasteiger partial charge in [0.1, 0.15) is 11.4 Å². The van der Waals surface area contributed by atoms with Gasteiger partial charge in [-0.15, -0.1) is 0 Å². The number of benzene rings is 1. The average molecular weight is 381 g/mol. The SMILES string of the molecule is CC(C)(C)n1nc2c(c1NC(=O)c1cc(Cl)ccc1[N+](=O)[O-])CSC2. The second-order valence-corrected chi connectivity index (χ2v) is 8.14. The Hall–Kier alpha value is -2.06. The van der Waals surface area contributed by atoms with Gasteiger partial charge in [-0.3, -0.25) is 14.9 Å². The molecule has 3 rings (SSSR count). The zero-order chi connectivity index (χ0) is 18.4. The number of nitro benzene ring substituents is 1. The van der Waals surface area contributed by atoms with Crippen molar-refractivity contribution in [3.63, 3.8) is 0 Å². The Kier molecular flexibility index (Phi) is 4.51. The maximum Gasteiger partial charge on any atom is 0.282 e. The molecule has 7 nitrogen and oxygen atoms in total. The first kappa shape index (κ1) is 17.8. The predicted molar refractivity (Wildman–Crippen MR) is 98.3 cm³/mol. The summed E-state index contributed by atoms with van der Waals surface area (Å²) < 4.78 is 1.77. The van der Waals surface area contributed by atoms with Gasteiger partial charge in [0.05, 0.1) is 16.2 Å². The molecule has 1 aliphatic heterocycles. The van der Waals surface area contributed by atoms with Gasteiger partial charge in [0.15, 0.2) is 0 Å². The molecule has 9 heteroatoms. The van der Waals surface area contributed by atoms with Crippen LogP contribution in [0.15, 0.2) is 18.2 Å². The van der Waals surface area contributed by atoms with E-state index < -0.39 is 10.8 Å². The van der Waals surface area contributed by atoms with Gasteiger partial charge in [-0.2, -0.15) is 16.9 Å². The fourth-order valence-corrected chi connectivity index (χ4v) is 3.86. The van der Waals surface area contributed by atoms with Crippen molar-refractivity contribution >= 4 is 40.8 Å². The lowest BCUT2D eigenvalue weighted by Crippen LogP contribution is -2.27. The molecule has 1 aliphatic rings. The third-order valence-electron chi connectivity index (χ3n) is 3.82. The number of rotatable bonds is 3. The van der Waals surface area contributed by atoms with Crippen LogP contribution in [0.5, 0.6) is 0 Å². The maximum absolute atomic E-state index is 12.7. The van der Waals surface area contributed by atoms with E-state index in [9.17, 15) is 14.9 Å². The Labute approximate surface area is 153 Å². The monoisotopic (exact) mass is 380 g/mol. The number of halogens is 1. The second kappa shape index (κ2) is 6.34. The number of hydrogen-bond acceptors (Lipinski definition) is 5. The predicted octanol–water partition coefficient (Wildman–Crippen LogP) is 4.20. The van der Waals surface area contributed by atoms with Gasteiger partial charge in [-0.05, 0) is 32.9 Å². The molecule has 0 atom stereocenters. The molecule has 0 spiro atoms. The number of aromatic nitrogens is 2. The lowest BCUT2D eigenvalue weighted by atomic mass is 10.1. The molecule has 1 N–H and O–H groups in total. The van der Waals surface area contributed by atoms with Crippen LogP contribution in [0.25, 0.3) is 0 Å². The summed E-state index contributed by atoms with van der Waals surface area (Å²) in [6.45, 7) is 5.96. The van der Waals surface area contributed by atoms with Crippen molar-refractivity contribution in [1.82, 2.24) is 9.78 Å². The fraction of sp³-hybridized carbons (Fsp3) is 0.375. The normalized spacial score (nSPS) is 13.6. The summed E-state index contributed by atoms with van der Waals surface area (Å²) in [4.78, 5) is 23.4. The van der Waals surface area contributed by atoms with Crippen molar-refractivity contribution < 1.29 is 9.72 Å². The van der Waals surface area contributed by atoms with Crippen molar-refractivity contribution in [2.45, 2.75) is 37.8 Å². The number of nitro groups is 1. The van der Waals surface area contributed by atoms with E-state index >= 15 is 0 Å². The van der Waals surface area contributed by atoms with Crippen molar-refractivity contribution in [2.75, 3.05) is 5.32 Å². The van der Waals surface area contributed by atoms with Gasteiger partial charge < -0.3 is 5.32 Å². The Bertz CT molecular complexity index is 873. The number of fused-ring (bicyclic) bond motifs is 1. The van der Waals surface area contributed by atoms with Gasteiger partial charge in [0.2, 0.25) is 0 Å². The molecule has 0 fully saturated rings. The molecule has 2 aromatic rings. The van der Waals surface area contributed by atoms with Gasteiger partial charge in [0, 0.05) is 28.2 Å². The summed E-state index contributed by atoms with van der Waals surface area (Å²) in [5, 5.41) is 18.9. The van der Waals surface area contributed by atoms with Crippen LogP contribution in [0.3, 0.4) is 0 Å². The molecular weight excluding hydrogens is 364 g/mol. The second-order valence-electron chi connectivity index (χ2n) is 6.72. The lowest BCUT2D eigenvalue weighted by molar-refractivity contribution is -0.385. The minimum atomic E-state index is -0.591. The van der Waals surface area contributed by atoms with Crippen LogP contribution in [0, 0.1) is 10.1 Å². The quantitative estimate of drug-likeness (QED) is 0.636. The highest BCUT2D eigenvalue weighted by atomic mass is 35.5. The molecule has 2 heterocycles. The molecule has 0 saturated carbocycles. The van der Waals surface area contributed by atoms with Gasteiger partial charge >= 0.3 is 0 Å².